The summed E-state index contributed by atoms with van der Waals surface area (Å²) < 4.78 is 0. The van der Waals surface area contributed by atoms with Gasteiger partial charge in [0.05, 0.1) is 0 Å². The molecular formula is C14H18N2. The van der Waals surface area contributed by atoms with Gasteiger partial charge >= 0.3 is 0 Å². The molecule has 84 valence electrons. The lowest BCUT2D eigenvalue weighted by molar-refractivity contribution is 0.231. The van der Waals surface area contributed by atoms with Gasteiger partial charge in [-0.15, -0.1) is 0 Å². The Morgan fingerprint density at radius 3 is 2.81 bits per heavy atom. The molecule has 16 heavy (non-hydrogen) atoms. The molecular weight excluding hydrogens is 196 g/mol. The molecule has 0 amide bonds. The fourth-order valence-corrected chi connectivity index (χ4v) is 3.08. The summed E-state index contributed by atoms with van der Waals surface area (Å²) in [6, 6.07) is 8.78. The third kappa shape index (κ3) is 1.30. The Labute approximate surface area is 95.8 Å². The monoisotopic (exact) mass is 214 g/mol. The second kappa shape index (κ2) is 3.63. The summed E-state index contributed by atoms with van der Waals surface area (Å²) >= 11 is 0. The van der Waals surface area contributed by atoms with E-state index < -0.39 is 0 Å². The Bertz CT molecular complexity index is 494. The maximum Gasteiger partial charge on any atom is 0.0456 e. The summed E-state index contributed by atoms with van der Waals surface area (Å²) in [7, 11) is 0. The summed E-state index contributed by atoms with van der Waals surface area (Å²) in [5, 5.41) is 1.38. The minimum Gasteiger partial charge on any atom is -0.361 e. The third-order valence-electron chi connectivity index (χ3n) is 4.10. The van der Waals surface area contributed by atoms with Crippen molar-refractivity contribution < 1.29 is 0 Å². The molecule has 1 aromatic carbocycles. The van der Waals surface area contributed by atoms with Crippen molar-refractivity contribution in [2.24, 2.45) is 5.73 Å². The van der Waals surface area contributed by atoms with Crippen molar-refractivity contribution >= 4 is 10.9 Å². The zero-order chi connectivity index (χ0) is 11.0. The molecule has 0 spiro atoms. The number of aromatic amines is 1. The fourth-order valence-electron chi connectivity index (χ4n) is 3.08. The molecule has 2 aromatic rings. The number of nitrogens with two attached hydrogens (primary N) is 1. The number of benzene rings is 1. The average molecular weight is 214 g/mol. The predicted molar refractivity (Wildman–Crippen MR) is 67.5 cm³/mol. The Kier molecular flexibility index (Phi) is 2.25. The van der Waals surface area contributed by atoms with E-state index in [1.54, 1.807) is 0 Å². The first-order chi connectivity index (χ1) is 7.86. The van der Waals surface area contributed by atoms with E-state index in [2.05, 4.69) is 29.2 Å². The van der Waals surface area contributed by atoms with Crippen molar-refractivity contribution in [3.8, 4) is 0 Å². The molecule has 1 saturated carbocycles. The van der Waals surface area contributed by atoms with Crippen molar-refractivity contribution in [2.45, 2.75) is 31.1 Å². The molecule has 0 saturated heterocycles. The van der Waals surface area contributed by atoms with Crippen LogP contribution in [0.5, 0.6) is 0 Å². The zero-order valence-corrected chi connectivity index (χ0v) is 9.50. The lowest BCUT2D eigenvalue weighted by Crippen LogP contribution is -2.36. The average Bonchev–Trinajstić information content (AvgIpc) is 2.71. The van der Waals surface area contributed by atoms with Crippen molar-refractivity contribution in [1.82, 2.24) is 4.98 Å². The van der Waals surface area contributed by atoms with Crippen molar-refractivity contribution in [3.05, 3.63) is 36.0 Å². The van der Waals surface area contributed by atoms with Crippen LogP contribution in [0.4, 0.5) is 0 Å². The van der Waals surface area contributed by atoms with Gasteiger partial charge in [0.1, 0.15) is 0 Å². The molecule has 1 fully saturated rings. The number of fused-ring (bicyclic) bond motifs is 1. The van der Waals surface area contributed by atoms with E-state index in [0.717, 1.165) is 13.0 Å². The fraction of sp³-hybridized carbons (Fsp3) is 0.429. The quantitative estimate of drug-likeness (QED) is 0.810. The molecule has 2 nitrogen and oxygen atoms in total. The number of hydrogen-bond donors (Lipinski definition) is 2. The maximum atomic E-state index is 5.77. The molecule has 3 rings (SSSR count). The topological polar surface area (TPSA) is 41.8 Å². The van der Waals surface area contributed by atoms with E-state index in [1.165, 1.54) is 35.7 Å². The van der Waals surface area contributed by atoms with Gasteiger partial charge in [-0.2, -0.15) is 0 Å². The Morgan fingerprint density at radius 1 is 1.25 bits per heavy atom. The standard InChI is InChI=1S/C14H18N2/c15-9-8-14(6-2-7-14)12-3-1-4-13-11(12)5-10-16-13/h1,3-5,10,16H,2,6-9,15H2. The van der Waals surface area contributed by atoms with Crippen LogP contribution in [0.3, 0.4) is 0 Å². The van der Waals surface area contributed by atoms with E-state index in [9.17, 15) is 0 Å². The van der Waals surface area contributed by atoms with Crippen LogP contribution in [0, 0.1) is 0 Å². The molecule has 2 heteroatoms. The second-order valence-corrected chi connectivity index (χ2v) is 4.92. The van der Waals surface area contributed by atoms with Crippen LogP contribution in [0.15, 0.2) is 30.5 Å². The largest absolute Gasteiger partial charge is 0.361 e. The van der Waals surface area contributed by atoms with Crippen LogP contribution in [0.1, 0.15) is 31.2 Å². The first-order valence-electron chi connectivity index (χ1n) is 6.12. The third-order valence-corrected chi connectivity index (χ3v) is 4.10. The highest BCUT2D eigenvalue weighted by molar-refractivity contribution is 5.84. The van der Waals surface area contributed by atoms with E-state index in [4.69, 9.17) is 5.73 Å². The number of hydrogen-bond acceptors (Lipinski definition) is 1. The van der Waals surface area contributed by atoms with Crippen LogP contribution in [-0.2, 0) is 5.41 Å². The first-order valence-corrected chi connectivity index (χ1v) is 6.12. The van der Waals surface area contributed by atoms with E-state index >= 15 is 0 Å². The molecule has 0 atom stereocenters. The van der Waals surface area contributed by atoms with Gasteiger partial charge in [-0.05, 0) is 48.9 Å². The van der Waals surface area contributed by atoms with Crippen LogP contribution in [0.25, 0.3) is 10.9 Å². The van der Waals surface area contributed by atoms with E-state index in [0.29, 0.717) is 5.41 Å². The number of rotatable bonds is 3. The van der Waals surface area contributed by atoms with Gasteiger partial charge in [-0.25, -0.2) is 0 Å². The van der Waals surface area contributed by atoms with Crippen molar-refractivity contribution in [3.63, 3.8) is 0 Å². The summed E-state index contributed by atoms with van der Waals surface area (Å²) in [4.78, 5) is 3.29. The van der Waals surface area contributed by atoms with Gasteiger partial charge in [0, 0.05) is 17.1 Å². The van der Waals surface area contributed by atoms with Crippen LogP contribution in [-0.4, -0.2) is 11.5 Å². The molecule has 0 aliphatic heterocycles. The van der Waals surface area contributed by atoms with Gasteiger partial charge in [0.2, 0.25) is 0 Å². The van der Waals surface area contributed by atoms with Gasteiger partial charge in [0.15, 0.2) is 0 Å². The maximum absolute atomic E-state index is 5.77. The zero-order valence-electron chi connectivity index (χ0n) is 9.50. The van der Waals surface area contributed by atoms with Gasteiger partial charge in [0.25, 0.3) is 0 Å². The van der Waals surface area contributed by atoms with Crippen LogP contribution < -0.4 is 5.73 Å². The molecule has 1 aromatic heterocycles. The summed E-state index contributed by atoms with van der Waals surface area (Å²) in [5.74, 6) is 0. The van der Waals surface area contributed by atoms with Gasteiger partial charge in [-0.3, -0.25) is 0 Å². The second-order valence-electron chi connectivity index (χ2n) is 4.92. The van der Waals surface area contributed by atoms with Crippen LogP contribution in [0.2, 0.25) is 0 Å². The predicted octanol–water partition coefficient (Wildman–Crippen LogP) is 2.94. The molecule has 0 radical (unpaired) electrons. The number of nitrogens with one attached hydrogen (secondary N) is 1. The minimum atomic E-state index is 0.371. The molecule has 0 unspecified atom stereocenters. The smallest absolute Gasteiger partial charge is 0.0456 e. The molecule has 1 aliphatic carbocycles. The lowest BCUT2D eigenvalue weighted by Gasteiger charge is -2.43. The highest BCUT2D eigenvalue weighted by Crippen LogP contribution is 2.48. The molecule has 1 aliphatic rings. The lowest BCUT2D eigenvalue weighted by atomic mass is 9.62. The number of H-pyrrole nitrogens is 1. The minimum absolute atomic E-state index is 0.371. The van der Waals surface area contributed by atoms with Gasteiger partial charge < -0.3 is 10.7 Å². The normalized spacial score (nSPS) is 18.6. The highest BCUT2D eigenvalue weighted by Gasteiger charge is 2.38. The van der Waals surface area contributed by atoms with Crippen molar-refractivity contribution in [1.29, 1.82) is 0 Å². The first kappa shape index (κ1) is 9.91. The molecule has 3 N–H and O–H groups in total. The summed E-state index contributed by atoms with van der Waals surface area (Å²) in [6.07, 6.45) is 7.10. The Morgan fingerprint density at radius 2 is 2.12 bits per heavy atom. The molecule has 1 heterocycles. The Hall–Kier alpha value is -1.28. The molecule has 0 bridgehead atoms. The van der Waals surface area contributed by atoms with E-state index in [1.807, 2.05) is 6.20 Å². The van der Waals surface area contributed by atoms with Crippen LogP contribution >= 0.6 is 0 Å². The summed E-state index contributed by atoms with van der Waals surface area (Å²) in [6.45, 7) is 0.792. The SMILES string of the molecule is NCCC1(c2cccc3[nH]ccc23)CCC1. The highest BCUT2D eigenvalue weighted by atomic mass is 14.7. The number of aromatic nitrogens is 1. The van der Waals surface area contributed by atoms with Gasteiger partial charge in [-0.1, -0.05) is 18.6 Å². The Balaban J connectivity index is 2.13. The van der Waals surface area contributed by atoms with E-state index in [-0.39, 0.29) is 0 Å². The summed E-state index contributed by atoms with van der Waals surface area (Å²) in [5.41, 5.74) is 8.90. The van der Waals surface area contributed by atoms with Crippen molar-refractivity contribution in [2.75, 3.05) is 6.54 Å².